The number of thiocarbonyl (C=S) groups is 1. The molecule has 0 aliphatic heterocycles. The zero-order valence-electron chi connectivity index (χ0n) is 10.8. The molecule has 3 nitrogen and oxygen atoms in total. The third-order valence-electron chi connectivity index (χ3n) is 2.44. The topological polar surface area (TPSA) is 26.7 Å². The Balaban J connectivity index is 3.62. The van der Waals surface area contributed by atoms with Crippen molar-refractivity contribution in [3.05, 3.63) is 25.3 Å². The highest BCUT2D eigenvalue weighted by Gasteiger charge is 2.03. The molecule has 0 saturated heterocycles. The Labute approximate surface area is 110 Å². The summed E-state index contributed by atoms with van der Waals surface area (Å²) in [6, 6.07) is 0. The minimum atomic E-state index is 0.0624. The average Bonchev–Trinajstić information content (AvgIpc) is 2.24. The average molecular weight is 256 g/mol. The van der Waals surface area contributed by atoms with Crippen LogP contribution in [0.4, 0.5) is 0 Å². The maximum absolute atomic E-state index is 8.97. The van der Waals surface area contributed by atoms with Crippen molar-refractivity contribution in [3.63, 3.8) is 0 Å². The molecule has 0 atom stereocenters. The molecule has 1 N–H and O–H groups in total. The summed E-state index contributed by atoms with van der Waals surface area (Å²) in [5, 5.41) is 9.03. The van der Waals surface area contributed by atoms with E-state index in [1.54, 1.807) is 0 Å². The normalized spacial score (nSPS) is 10.8. The lowest BCUT2D eigenvalue weighted by molar-refractivity contribution is 0.303. The second-order valence-electron chi connectivity index (χ2n) is 4.18. The number of hydrogen-bond acceptors (Lipinski definition) is 3. The molecule has 0 fully saturated rings. The van der Waals surface area contributed by atoms with Gasteiger partial charge in [0.05, 0.1) is 6.54 Å². The fraction of sp³-hybridized carbons (Fsp3) is 0.615. The lowest BCUT2D eigenvalue weighted by Gasteiger charge is -2.19. The summed E-state index contributed by atoms with van der Waals surface area (Å²) in [6.07, 6.45) is 6.06. The number of aliphatic hydroxyl groups excluding tert-OH is 1. The molecule has 0 heterocycles. The molecule has 0 aromatic carbocycles. The van der Waals surface area contributed by atoms with Gasteiger partial charge in [0.2, 0.25) is 0 Å². The zero-order chi connectivity index (χ0) is 13.1. The first-order valence-corrected chi connectivity index (χ1v) is 6.35. The van der Waals surface area contributed by atoms with Crippen molar-refractivity contribution in [1.82, 2.24) is 9.80 Å². The molecule has 0 aliphatic carbocycles. The largest absolute Gasteiger partial charge is 0.501 e. The van der Waals surface area contributed by atoms with Crippen molar-refractivity contribution >= 4 is 17.3 Å². The van der Waals surface area contributed by atoms with Gasteiger partial charge in [0, 0.05) is 13.1 Å². The second kappa shape index (κ2) is 10.4. The van der Waals surface area contributed by atoms with E-state index in [9.17, 15) is 0 Å². The van der Waals surface area contributed by atoms with E-state index in [4.69, 9.17) is 5.11 Å². The van der Waals surface area contributed by atoms with Crippen molar-refractivity contribution in [1.29, 1.82) is 0 Å². The Bertz CT molecular complexity index is 234. The van der Waals surface area contributed by atoms with Crippen LogP contribution in [0.25, 0.3) is 0 Å². The summed E-state index contributed by atoms with van der Waals surface area (Å²) in [5.74, 6) is 0. The van der Waals surface area contributed by atoms with Crippen LogP contribution in [0.1, 0.15) is 12.8 Å². The van der Waals surface area contributed by atoms with Gasteiger partial charge in [0.25, 0.3) is 0 Å². The number of unbranched alkanes of at least 4 members (excludes halogenated alkanes) is 1. The first kappa shape index (κ1) is 16.3. The van der Waals surface area contributed by atoms with Crippen molar-refractivity contribution in [2.75, 3.05) is 39.8 Å². The van der Waals surface area contributed by atoms with Gasteiger partial charge in [0.1, 0.15) is 0 Å². The maximum atomic E-state index is 8.97. The highest BCUT2D eigenvalue weighted by Crippen LogP contribution is 1.98. The monoisotopic (exact) mass is 256 g/mol. The summed E-state index contributed by atoms with van der Waals surface area (Å²) >= 11 is 4.64. The summed E-state index contributed by atoms with van der Waals surface area (Å²) in [4.78, 5) is 4.34. The van der Waals surface area contributed by atoms with Gasteiger partial charge in [-0.3, -0.25) is 9.80 Å². The van der Waals surface area contributed by atoms with E-state index in [-0.39, 0.29) is 5.05 Å². The molecule has 0 aliphatic rings. The zero-order valence-corrected chi connectivity index (χ0v) is 11.6. The van der Waals surface area contributed by atoms with Crippen LogP contribution in [-0.2, 0) is 0 Å². The van der Waals surface area contributed by atoms with Crippen LogP contribution < -0.4 is 0 Å². The number of aliphatic hydroxyl groups is 1. The third kappa shape index (κ3) is 10.2. The molecule has 0 radical (unpaired) electrons. The van der Waals surface area contributed by atoms with Crippen molar-refractivity contribution in [2.24, 2.45) is 0 Å². The van der Waals surface area contributed by atoms with Gasteiger partial charge in [-0.15, -0.1) is 13.2 Å². The predicted molar refractivity (Wildman–Crippen MR) is 78.8 cm³/mol. The molecule has 17 heavy (non-hydrogen) atoms. The number of hydrogen-bond donors (Lipinski definition) is 1. The van der Waals surface area contributed by atoms with Crippen molar-refractivity contribution in [3.8, 4) is 0 Å². The van der Waals surface area contributed by atoms with E-state index >= 15 is 0 Å². The fourth-order valence-electron chi connectivity index (χ4n) is 1.65. The number of nitrogens with zero attached hydrogens (tertiary/aromatic N) is 2. The van der Waals surface area contributed by atoms with Gasteiger partial charge >= 0.3 is 0 Å². The minimum absolute atomic E-state index is 0.0624. The van der Waals surface area contributed by atoms with Gasteiger partial charge in [0.15, 0.2) is 5.05 Å². The SMILES string of the molecule is C=CCN(CC=C)CCCCN(C)CC(O)=S. The van der Waals surface area contributed by atoms with Crippen LogP contribution in [0.15, 0.2) is 25.3 Å². The van der Waals surface area contributed by atoms with Gasteiger partial charge in [-0.1, -0.05) is 12.2 Å². The molecule has 0 bridgehead atoms. The third-order valence-corrected chi connectivity index (χ3v) is 2.57. The van der Waals surface area contributed by atoms with E-state index in [1.807, 2.05) is 24.1 Å². The second-order valence-corrected chi connectivity index (χ2v) is 4.65. The van der Waals surface area contributed by atoms with E-state index in [0.717, 1.165) is 39.0 Å². The van der Waals surface area contributed by atoms with Crippen molar-refractivity contribution in [2.45, 2.75) is 12.8 Å². The van der Waals surface area contributed by atoms with Crippen LogP contribution in [0.2, 0.25) is 0 Å². The van der Waals surface area contributed by atoms with E-state index in [2.05, 4.69) is 30.3 Å². The predicted octanol–water partition coefficient (Wildman–Crippen LogP) is 2.26. The molecule has 98 valence electrons. The molecule has 4 heteroatoms. The quantitative estimate of drug-likeness (QED) is 0.348. The van der Waals surface area contributed by atoms with Crippen LogP contribution in [0.3, 0.4) is 0 Å². The standard InChI is InChI=1S/C13H24N2OS/c1-4-8-15(9-5-2)11-7-6-10-14(3)12-13(16)17/h4-5H,1-2,6-12H2,3H3,(H,16,17). The van der Waals surface area contributed by atoms with E-state index < -0.39 is 0 Å². The van der Waals surface area contributed by atoms with Gasteiger partial charge < -0.3 is 5.11 Å². The highest BCUT2D eigenvalue weighted by molar-refractivity contribution is 7.80. The summed E-state index contributed by atoms with van der Waals surface area (Å²) < 4.78 is 0. The van der Waals surface area contributed by atoms with Crippen LogP contribution in [-0.4, -0.2) is 59.7 Å². The Morgan fingerprint density at radius 3 is 2.18 bits per heavy atom. The molecule has 0 saturated carbocycles. The summed E-state index contributed by atoms with van der Waals surface area (Å²) in [6.45, 7) is 11.8. The first-order valence-electron chi connectivity index (χ1n) is 5.94. The van der Waals surface area contributed by atoms with Crippen molar-refractivity contribution < 1.29 is 5.11 Å². The molecule has 0 unspecified atom stereocenters. The fourth-order valence-corrected chi connectivity index (χ4v) is 1.87. The molecule has 0 amide bonds. The number of rotatable bonds is 11. The molecule has 0 spiro atoms. The Morgan fingerprint density at radius 2 is 1.71 bits per heavy atom. The summed E-state index contributed by atoms with van der Waals surface area (Å²) in [7, 11) is 1.97. The van der Waals surface area contributed by atoms with Crippen LogP contribution >= 0.6 is 12.2 Å². The first-order chi connectivity index (χ1) is 8.10. The van der Waals surface area contributed by atoms with Crippen LogP contribution in [0.5, 0.6) is 0 Å². The van der Waals surface area contributed by atoms with Gasteiger partial charge in [-0.05, 0) is 45.2 Å². The smallest absolute Gasteiger partial charge is 0.170 e. The van der Waals surface area contributed by atoms with Gasteiger partial charge in [-0.2, -0.15) is 0 Å². The highest BCUT2D eigenvalue weighted by atomic mass is 32.1. The Kier molecular flexibility index (Phi) is 10.0. The molecule has 0 aromatic heterocycles. The Morgan fingerprint density at radius 1 is 1.18 bits per heavy atom. The van der Waals surface area contributed by atoms with Gasteiger partial charge in [-0.25, -0.2) is 0 Å². The minimum Gasteiger partial charge on any atom is -0.501 e. The molecule has 0 rings (SSSR count). The maximum Gasteiger partial charge on any atom is 0.170 e. The lowest BCUT2D eigenvalue weighted by atomic mass is 10.2. The number of likely N-dealkylation sites (N-methyl/N-ethyl adjacent to an activating group) is 1. The van der Waals surface area contributed by atoms with Crippen LogP contribution in [0, 0.1) is 0 Å². The van der Waals surface area contributed by atoms with E-state index in [1.165, 1.54) is 0 Å². The Hall–Kier alpha value is -0.710. The lowest BCUT2D eigenvalue weighted by Crippen LogP contribution is -2.28. The summed E-state index contributed by atoms with van der Waals surface area (Å²) in [5.41, 5.74) is 0. The molecular formula is C13H24N2OS. The molecular weight excluding hydrogens is 232 g/mol. The van der Waals surface area contributed by atoms with E-state index in [0.29, 0.717) is 6.54 Å². The molecule has 0 aromatic rings.